The molecule has 4 heteroatoms. The third-order valence-electron chi connectivity index (χ3n) is 3.95. The van der Waals surface area contributed by atoms with Crippen molar-refractivity contribution in [2.75, 3.05) is 5.32 Å². The molecule has 0 fully saturated rings. The summed E-state index contributed by atoms with van der Waals surface area (Å²) in [5.74, 6) is 0.723. The highest BCUT2D eigenvalue weighted by molar-refractivity contribution is 6.04. The molecule has 0 saturated heterocycles. The van der Waals surface area contributed by atoms with Gasteiger partial charge in [0.1, 0.15) is 5.75 Å². The number of fused-ring (bicyclic) bond motifs is 2. The van der Waals surface area contributed by atoms with Gasteiger partial charge in [-0.3, -0.25) is 9.59 Å². The fraction of sp³-hybridized carbons (Fsp3) is 0.176. The summed E-state index contributed by atoms with van der Waals surface area (Å²) >= 11 is 0. The summed E-state index contributed by atoms with van der Waals surface area (Å²) < 4.78 is 5.73. The molecular weight excluding hydrogens is 266 g/mol. The number of ether oxygens (including phenoxy) is 1. The molecule has 0 saturated carbocycles. The predicted octanol–water partition coefficient (Wildman–Crippen LogP) is 2.37. The first-order chi connectivity index (χ1) is 10.2. The molecule has 0 spiro atoms. The smallest absolute Gasteiger partial charge is 0.228 e. The van der Waals surface area contributed by atoms with Crippen LogP contribution >= 0.6 is 0 Å². The molecule has 2 aliphatic heterocycles. The van der Waals surface area contributed by atoms with Gasteiger partial charge >= 0.3 is 0 Å². The van der Waals surface area contributed by atoms with Crippen LogP contribution in [0.2, 0.25) is 0 Å². The van der Waals surface area contributed by atoms with Crippen LogP contribution in [0, 0.1) is 0 Å². The Morgan fingerprint density at radius 3 is 2.86 bits per heavy atom. The predicted molar refractivity (Wildman–Crippen MR) is 77.7 cm³/mol. The lowest BCUT2D eigenvalue weighted by Crippen LogP contribution is -2.25. The number of hydrogen-bond acceptors (Lipinski definition) is 3. The first kappa shape index (κ1) is 12.1. The Hall–Kier alpha value is -2.62. The second-order valence-corrected chi connectivity index (χ2v) is 5.38. The number of Topliss-reactive ketones (excluding diaryl/α,β-unsaturated/α-hetero) is 1. The van der Waals surface area contributed by atoms with Crippen LogP contribution in [0.1, 0.15) is 21.5 Å². The molecule has 1 N–H and O–H groups in total. The van der Waals surface area contributed by atoms with Crippen LogP contribution in [0.4, 0.5) is 5.69 Å². The van der Waals surface area contributed by atoms with Crippen molar-refractivity contribution in [2.24, 2.45) is 0 Å². The summed E-state index contributed by atoms with van der Waals surface area (Å²) in [7, 11) is 0. The maximum Gasteiger partial charge on any atom is 0.228 e. The van der Waals surface area contributed by atoms with Crippen LogP contribution in [-0.2, 0) is 17.6 Å². The fourth-order valence-electron chi connectivity index (χ4n) is 2.90. The van der Waals surface area contributed by atoms with E-state index in [0.29, 0.717) is 18.4 Å². The van der Waals surface area contributed by atoms with E-state index in [-0.39, 0.29) is 11.7 Å². The van der Waals surface area contributed by atoms with E-state index in [1.165, 1.54) is 0 Å². The Bertz CT molecular complexity index is 741. The molecule has 1 unspecified atom stereocenters. The van der Waals surface area contributed by atoms with Crippen LogP contribution in [0.15, 0.2) is 42.5 Å². The highest BCUT2D eigenvalue weighted by atomic mass is 16.5. The summed E-state index contributed by atoms with van der Waals surface area (Å²) in [4.78, 5) is 23.9. The second kappa shape index (κ2) is 4.45. The van der Waals surface area contributed by atoms with Crippen LogP contribution in [-0.4, -0.2) is 17.8 Å². The number of rotatable bonds is 2. The molecule has 1 amide bonds. The third kappa shape index (κ3) is 2.00. The molecule has 4 rings (SSSR count). The van der Waals surface area contributed by atoms with Gasteiger partial charge in [0.2, 0.25) is 11.7 Å². The van der Waals surface area contributed by atoms with E-state index in [0.717, 1.165) is 22.6 Å². The monoisotopic (exact) mass is 279 g/mol. The average Bonchev–Trinajstić information content (AvgIpc) is 3.07. The van der Waals surface area contributed by atoms with Crippen molar-refractivity contribution in [3.63, 3.8) is 0 Å². The van der Waals surface area contributed by atoms with E-state index in [1.54, 1.807) is 18.2 Å². The van der Waals surface area contributed by atoms with E-state index in [2.05, 4.69) is 5.32 Å². The minimum absolute atomic E-state index is 0.0286. The zero-order chi connectivity index (χ0) is 14.4. The molecule has 0 aliphatic carbocycles. The van der Waals surface area contributed by atoms with E-state index in [9.17, 15) is 9.59 Å². The number of amides is 1. The van der Waals surface area contributed by atoms with E-state index >= 15 is 0 Å². The lowest BCUT2D eigenvalue weighted by Gasteiger charge is -2.10. The van der Waals surface area contributed by atoms with Gasteiger partial charge in [-0.2, -0.15) is 0 Å². The van der Waals surface area contributed by atoms with E-state index in [1.807, 2.05) is 24.3 Å². The standard InChI is InChI=1S/C17H13NO3/c19-16-9-12-7-11(5-6-13(12)18-16)17(20)15-8-10-3-1-2-4-14(10)21-15/h1-7,15H,8-9H2,(H,18,19). The highest BCUT2D eigenvalue weighted by Crippen LogP contribution is 2.31. The molecule has 4 nitrogen and oxygen atoms in total. The van der Waals surface area contributed by atoms with Crippen molar-refractivity contribution in [2.45, 2.75) is 18.9 Å². The van der Waals surface area contributed by atoms with Gasteiger partial charge in [0.05, 0.1) is 6.42 Å². The number of benzene rings is 2. The largest absolute Gasteiger partial charge is 0.482 e. The van der Waals surface area contributed by atoms with Gasteiger partial charge in [0.15, 0.2) is 6.10 Å². The molecule has 0 aromatic heterocycles. The summed E-state index contributed by atoms with van der Waals surface area (Å²) in [5, 5.41) is 2.77. The van der Waals surface area contributed by atoms with E-state index in [4.69, 9.17) is 4.74 Å². The summed E-state index contributed by atoms with van der Waals surface area (Å²) in [6.45, 7) is 0. The molecule has 0 bridgehead atoms. The maximum atomic E-state index is 12.6. The van der Waals surface area contributed by atoms with Gasteiger partial charge in [-0.1, -0.05) is 18.2 Å². The van der Waals surface area contributed by atoms with Crippen molar-refractivity contribution >= 4 is 17.4 Å². The van der Waals surface area contributed by atoms with Crippen molar-refractivity contribution in [1.82, 2.24) is 0 Å². The van der Waals surface area contributed by atoms with Gasteiger partial charge in [-0.25, -0.2) is 0 Å². The summed E-state index contributed by atoms with van der Waals surface area (Å²) in [6, 6.07) is 13.0. The summed E-state index contributed by atoms with van der Waals surface area (Å²) in [5.41, 5.74) is 3.34. The molecule has 104 valence electrons. The number of anilines is 1. The number of carbonyl (C=O) groups is 2. The fourth-order valence-corrected chi connectivity index (χ4v) is 2.90. The van der Waals surface area contributed by atoms with Crippen LogP contribution in [0.25, 0.3) is 0 Å². The molecule has 2 aromatic carbocycles. The Balaban J connectivity index is 1.60. The molecular formula is C17H13NO3. The van der Waals surface area contributed by atoms with Crippen molar-refractivity contribution in [3.8, 4) is 5.75 Å². The van der Waals surface area contributed by atoms with Crippen LogP contribution in [0.3, 0.4) is 0 Å². The maximum absolute atomic E-state index is 12.6. The average molecular weight is 279 g/mol. The number of hydrogen-bond donors (Lipinski definition) is 1. The van der Waals surface area contributed by atoms with Gasteiger partial charge in [-0.15, -0.1) is 0 Å². The SMILES string of the molecule is O=C1Cc2cc(C(=O)C3Cc4ccccc4O3)ccc2N1. The minimum Gasteiger partial charge on any atom is -0.482 e. The van der Waals surface area contributed by atoms with Gasteiger partial charge in [0, 0.05) is 17.7 Å². The molecule has 2 aliphatic rings. The summed E-state index contributed by atoms with van der Waals surface area (Å²) in [6.07, 6.45) is 0.469. The second-order valence-electron chi connectivity index (χ2n) is 5.38. The van der Waals surface area contributed by atoms with Crippen molar-refractivity contribution < 1.29 is 14.3 Å². The molecule has 2 heterocycles. The molecule has 0 radical (unpaired) electrons. The third-order valence-corrected chi connectivity index (χ3v) is 3.95. The Morgan fingerprint density at radius 1 is 1.14 bits per heavy atom. The van der Waals surface area contributed by atoms with Gasteiger partial charge < -0.3 is 10.1 Å². The number of nitrogens with one attached hydrogen (secondary N) is 1. The Morgan fingerprint density at radius 2 is 2.00 bits per heavy atom. The first-order valence-corrected chi connectivity index (χ1v) is 6.92. The Kier molecular flexibility index (Phi) is 2.57. The van der Waals surface area contributed by atoms with Gasteiger partial charge in [0.25, 0.3) is 0 Å². The lowest BCUT2D eigenvalue weighted by atomic mass is 9.99. The quantitative estimate of drug-likeness (QED) is 0.859. The van der Waals surface area contributed by atoms with Crippen LogP contribution < -0.4 is 10.1 Å². The normalized spacial score (nSPS) is 18.7. The van der Waals surface area contributed by atoms with Gasteiger partial charge in [-0.05, 0) is 35.4 Å². The first-order valence-electron chi connectivity index (χ1n) is 6.92. The van der Waals surface area contributed by atoms with Crippen molar-refractivity contribution in [1.29, 1.82) is 0 Å². The minimum atomic E-state index is -0.467. The molecule has 1 atom stereocenters. The number of carbonyl (C=O) groups excluding carboxylic acids is 2. The zero-order valence-corrected chi connectivity index (χ0v) is 11.3. The topological polar surface area (TPSA) is 55.4 Å². The van der Waals surface area contributed by atoms with Crippen molar-refractivity contribution in [3.05, 3.63) is 59.2 Å². The van der Waals surface area contributed by atoms with Crippen LogP contribution in [0.5, 0.6) is 5.75 Å². The number of para-hydroxylation sites is 1. The number of ketones is 1. The zero-order valence-electron chi connectivity index (χ0n) is 11.3. The molecule has 2 aromatic rings. The molecule has 21 heavy (non-hydrogen) atoms. The lowest BCUT2D eigenvalue weighted by molar-refractivity contribution is -0.115. The van der Waals surface area contributed by atoms with E-state index < -0.39 is 6.10 Å². The highest BCUT2D eigenvalue weighted by Gasteiger charge is 2.30. The Labute approximate surface area is 121 Å².